The maximum absolute atomic E-state index is 13.6. The maximum atomic E-state index is 13.6. The molecule has 192 valence electrons. The van der Waals surface area contributed by atoms with Crippen molar-refractivity contribution in [2.45, 2.75) is 38.6 Å². The maximum Gasteiger partial charge on any atom is 0.265 e. The van der Waals surface area contributed by atoms with Gasteiger partial charge >= 0.3 is 0 Å². The van der Waals surface area contributed by atoms with Gasteiger partial charge in [-0.25, -0.2) is 0 Å². The molecule has 0 atom stereocenters. The minimum Gasteiger partial charge on any atom is -0.352 e. The second-order valence-electron chi connectivity index (χ2n) is 9.22. The molecule has 2 amide bonds. The van der Waals surface area contributed by atoms with E-state index in [0.29, 0.717) is 23.6 Å². The van der Waals surface area contributed by atoms with Gasteiger partial charge in [0.2, 0.25) is 0 Å². The molecule has 0 bridgehead atoms. The topological polar surface area (TPSA) is 52.7 Å². The molecule has 1 aliphatic heterocycles. The predicted molar refractivity (Wildman–Crippen MR) is 154 cm³/mol. The number of thioether (sulfide) groups is 1. The molecular weight excluding hydrogens is 478 g/mol. The standard InChI is InChI=1S/C31H35N3O2S/c1-4-33(5-2)19-9-18-32-30(35)26-16-14-24(15-17-26)21-29-31(36)34(22-25-11-8-10-23(3)20-25)27-12-6-7-13-28(27)37-29/h6-8,10-17,20-21H,4-5,9,18-19,22H2,1-3H3,(H,32,35). The van der Waals surface area contributed by atoms with Crippen LogP contribution in [-0.4, -0.2) is 42.9 Å². The summed E-state index contributed by atoms with van der Waals surface area (Å²) in [7, 11) is 0. The molecule has 0 saturated carbocycles. The van der Waals surface area contributed by atoms with E-state index in [4.69, 9.17) is 0 Å². The first kappa shape index (κ1) is 26.7. The lowest BCUT2D eigenvalue weighted by molar-refractivity contribution is -0.114. The van der Waals surface area contributed by atoms with Crippen molar-refractivity contribution in [3.63, 3.8) is 0 Å². The van der Waals surface area contributed by atoms with Crippen molar-refractivity contribution in [3.05, 3.63) is 100.0 Å². The predicted octanol–water partition coefficient (Wildman–Crippen LogP) is 6.14. The summed E-state index contributed by atoms with van der Waals surface area (Å²) in [6, 6.07) is 23.7. The first-order valence-corrected chi connectivity index (χ1v) is 13.8. The van der Waals surface area contributed by atoms with Gasteiger partial charge in [-0.1, -0.05) is 79.7 Å². The molecular formula is C31H35N3O2S. The third kappa shape index (κ3) is 6.90. The van der Waals surface area contributed by atoms with Crippen LogP contribution >= 0.6 is 11.8 Å². The minimum absolute atomic E-state index is 0.0137. The zero-order chi connectivity index (χ0) is 26.2. The molecule has 0 spiro atoms. The molecule has 1 heterocycles. The summed E-state index contributed by atoms with van der Waals surface area (Å²) < 4.78 is 0. The number of nitrogens with zero attached hydrogens (tertiary/aromatic N) is 2. The highest BCUT2D eigenvalue weighted by Gasteiger charge is 2.29. The zero-order valence-electron chi connectivity index (χ0n) is 21.9. The van der Waals surface area contributed by atoms with E-state index in [1.807, 2.05) is 59.5 Å². The average Bonchev–Trinajstić information content (AvgIpc) is 2.91. The first-order valence-electron chi connectivity index (χ1n) is 12.9. The number of hydrogen-bond acceptors (Lipinski definition) is 4. The lowest BCUT2D eigenvalue weighted by atomic mass is 10.1. The number of fused-ring (bicyclic) bond motifs is 1. The summed E-state index contributed by atoms with van der Waals surface area (Å²) in [4.78, 5) is 32.0. The van der Waals surface area contributed by atoms with Crippen molar-refractivity contribution < 1.29 is 9.59 Å². The van der Waals surface area contributed by atoms with Crippen LogP contribution in [0.1, 0.15) is 47.3 Å². The summed E-state index contributed by atoms with van der Waals surface area (Å²) in [6.07, 6.45) is 2.84. The molecule has 0 radical (unpaired) electrons. The van der Waals surface area contributed by atoms with Crippen LogP contribution in [0.15, 0.2) is 82.6 Å². The Morgan fingerprint density at radius 1 is 1.00 bits per heavy atom. The number of aryl methyl sites for hydroxylation is 1. The van der Waals surface area contributed by atoms with Crippen molar-refractivity contribution in [2.75, 3.05) is 31.1 Å². The largest absolute Gasteiger partial charge is 0.352 e. The van der Waals surface area contributed by atoms with E-state index in [9.17, 15) is 9.59 Å². The molecule has 3 aromatic rings. The Bertz CT molecular complexity index is 1270. The quantitative estimate of drug-likeness (QED) is 0.261. The second-order valence-corrected chi connectivity index (χ2v) is 10.3. The normalized spacial score (nSPS) is 14.2. The van der Waals surface area contributed by atoms with Crippen molar-refractivity contribution in [1.29, 1.82) is 0 Å². The van der Waals surface area contributed by atoms with E-state index < -0.39 is 0 Å². The molecule has 5 nitrogen and oxygen atoms in total. The number of benzene rings is 3. The highest BCUT2D eigenvalue weighted by Crippen LogP contribution is 2.42. The van der Waals surface area contributed by atoms with E-state index >= 15 is 0 Å². The zero-order valence-corrected chi connectivity index (χ0v) is 22.7. The third-order valence-electron chi connectivity index (χ3n) is 6.56. The number of carbonyl (C=O) groups is 2. The van der Waals surface area contributed by atoms with Crippen LogP contribution in [0.25, 0.3) is 6.08 Å². The van der Waals surface area contributed by atoms with Gasteiger partial charge in [0.05, 0.1) is 17.1 Å². The Morgan fingerprint density at radius 2 is 1.76 bits per heavy atom. The smallest absolute Gasteiger partial charge is 0.265 e. The van der Waals surface area contributed by atoms with Gasteiger partial charge in [0.15, 0.2) is 0 Å². The van der Waals surface area contributed by atoms with Gasteiger partial charge in [0.25, 0.3) is 11.8 Å². The van der Waals surface area contributed by atoms with Crippen molar-refractivity contribution in [3.8, 4) is 0 Å². The summed E-state index contributed by atoms with van der Waals surface area (Å²) in [6.45, 7) is 10.6. The fraction of sp³-hybridized carbons (Fsp3) is 0.290. The lowest BCUT2D eigenvalue weighted by Gasteiger charge is -2.30. The summed E-state index contributed by atoms with van der Waals surface area (Å²) in [5.41, 5.74) is 4.72. The van der Waals surface area contributed by atoms with Gasteiger partial charge in [0, 0.05) is 17.0 Å². The Kier molecular flexibility index (Phi) is 9.20. The second kappa shape index (κ2) is 12.7. The molecule has 4 rings (SSSR count). The molecule has 37 heavy (non-hydrogen) atoms. The van der Waals surface area contributed by atoms with Gasteiger partial charge < -0.3 is 15.1 Å². The van der Waals surface area contributed by atoms with Gasteiger partial charge in [-0.2, -0.15) is 0 Å². The van der Waals surface area contributed by atoms with E-state index in [2.05, 4.69) is 55.3 Å². The van der Waals surface area contributed by atoms with Crippen molar-refractivity contribution >= 4 is 35.3 Å². The van der Waals surface area contributed by atoms with Crippen LogP contribution in [0, 0.1) is 6.92 Å². The number of nitrogens with one attached hydrogen (secondary N) is 1. The molecule has 0 aromatic heterocycles. The van der Waals surface area contributed by atoms with Crippen LogP contribution in [-0.2, 0) is 11.3 Å². The average molecular weight is 514 g/mol. The lowest BCUT2D eigenvalue weighted by Crippen LogP contribution is -2.33. The molecule has 3 aromatic carbocycles. The molecule has 0 fully saturated rings. The Hall–Kier alpha value is -3.35. The van der Waals surface area contributed by atoms with E-state index in [0.717, 1.165) is 47.8 Å². The number of anilines is 1. The van der Waals surface area contributed by atoms with Gasteiger partial charge in [-0.15, -0.1) is 0 Å². The molecule has 0 saturated heterocycles. The molecule has 1 N–H and O–H groups in total. The van der Waals surface area contributed by atoms with Crippen LogP contribution < -0.4 is 10.2 Å². The highest BCUT2D eigenvalue weighted by atomic mass is 32.2. The van der Waals surface area contributed by atoms with E-state index in [1.54, 1.807) is 0 Å². The number of carbonyl (C=O) groups excluding carboxylic acids is 2. The fourth-order valence-electron chi connectivity index (χ4n) is 4.44. The number of para-hydroxylation sites is 1. The molecule has 6 heteroatoms. The number of amides is 2. The van der Waals surface area contributed by atoms with Gasteiger partial charge in [-0.05, 0) is 74.4 Å². The number of hydrogen-bond donors (Lipinski definition) is 1. The number of rotatable bonds is 10. The molecule has 1 aliphatic rings. The monoisotopic (exact) mass is 513 g/mol. The van der Waals surface area contributed by atoms with Crippen molar-refractivity contribution in [2.24, 2.45) is 0 Å². The summed E-state index contributed by atoms with van der Waals surface area (Å²) in [5.74, 6) is -0.0830. The van der Waals surface area contributed by atoms with Gasteiger partial charge in [0.1, 0.15) is 0 Å². The highest BCUT2D eigenvalue weighted by molar-refractivity contribution is 8.04. The minimum atomic E-state index is -0.0693. The van der Waals surface area contributed by atoms with E-state index in [1.165, 1.54) is 17.3 Å². The fourth-order valence-corrected chi connectivity index (χ4v) is 5.50. The van der Waals surface area contributed by atoms with Crippen LogP contribution in [0.5, 0.6) is 0 Å². The molecule has 0 aliphatic carbocycles. The Balaban J connectivity index is 1.46. The Labute approximate surface area is 224 Å². The summed E-state index contributed by atoms with van der Waals surface area (Å²) in [5, 5.41) is 3.01. The third-order valence-corrected chi connectivity index (χ3v) is 7.63. The molecule has 0 unspecified atom stereocenters. The summed E-state index contributed by atoms with van der Waals surface area (Å²) >= 11 is 1.49. The van der Waals surface area contributed by atoms with Crippen LogP contribution in [0.4, 0.5) is 5.69 Å². The van der Waals surface area contributed by atoms with Crippen molar-refractivity contribution in [1.82, 2.24) is 10.2 Å². The SMILES string of the molecule is CCN(CC)CCCNC(=O)c1ccc(C=C2Sc3ccccc3N(Cc3cccc(C)c3)C2=O)cc1. The van der Waals surface area contributed by atoms with E-state index in [-0.39, 0.29) is 11.8 Å². The first-order chi connectivity index (χ1) is 18.0. The Morgan fingerprint density at radius 3 is 2.49 bits per heavy atom. The van der Waals surface area contributed by atoms with Crippen LogP contribution in [0.2, 0.25) is 0 Å². The van der Waals surface area contributed by atoms with Gasteiger partial charge in [-0.3, -0.25) is 9.59 Å². The van der Waals surface area contributed by atoms with Crippen LogP contribution in [0.3, 0.4) is 0 Å².